The summed E-state index contributed by atoms with van der Waals surface area (Å²) < 4.78 is 6.33. The molecule has 0 aromatic heterocycles. The minimum atomic E-state index is -0.561. The van der Waals surface area contributed by atoms with Gasteiger partial charge in [-0.05, 0) is 93.0 Å². The fraction of sp³-hybridized carbons (Fsp3) is 0.821. The van der Waals surface area contributed by atoms with Crippen LogP contribution >= 0.6 is 0 Å². The lowest BCUT2D eigenvalue weighted by molar-refractivity contribution is -0.166. The molecule has 1 spiro atoms. The second-order valence-electron chi connectivity index (χ2n) is 12.5. The van der Waals surface area contributed by atoms with E-state index in [1.54, 1.807) is 6.08 Å². The first-order valence-corrected chi connectivity index (χ1v) is 12.8. The van der Waals surface area contributed by atoms with E-state index in [4.69, 9.17) is 4.74 Å². The van der Waals surface area contributed by atoms with Crippen molar-refractivity contribution in [1.29, 1.82) is 0 Å². The Morgan fingerprint density at radius 3 is 2.74 bits per heavy atom. The molecular weight excluding hydrogens is 384 g/mol. The van der Waals surface area contributed by atoms with Crippen LogP contribution in [-0.2, 0) is 9.53 Å². The predicted octanol–water partition coefficient (Wildman–Crippen LogP) is 5.72. The van der Waals surface area contributed by atoms with E-state index in [9.17, 15) is 9.90 Å². The van der Waals surface area contributed by atoms with Gasteiger partial charge in [0.15, 0.2) is 5.78 Å². The Kier molecular flexibility index (Phi) is 4.97. The summed E-state index contributed by atoms with van der Waals surface area (Å²) in [5, 5.41) is 11.6. The summed E-state index contributed by atoms with van der Waals surface area (Å²) in [6, 6.07) is 0. The van der Waals surface area contributed by atoms with Gasteiger partial charge in [0.05, 0.1) is 17.6 Å². The van der Waals surface area contributed by atoms with Crippen LogP contribution in [0.2, 0.25) is 0 Å². The molecule has 4 aliphatic carbocycles. The first-order chi connectivity index (χ1) is 14.6. The number of hydrogen-bond acceptors (Lipinski definition) is 3. The average molecular weight is 427 g/mol. The number of carbonyl (C=O) groups excluding carboxylic acids is 1. The van der Waals surface area contributed by atoms with Crippen LogP contribution in [0.25, 0.3) is 0 Å². The minimum Gasteiger partial charge on any atom is -0.393 e. The Morgan fingerprint density at radius 2 is 2.03 bits per heavy atom. The maximum absolute atomic E-state index is 13.2. The SMILES string of the molecule is C=C(CC[C@@H](C)[C@H]1CC[C@H]2[C@@H]3C[C@H]4O[C@]45CC=CC(=O)[C@]5(C)[C@H]3[C@H](O)C[C@]12C)C(C)C. The zero-order valence-electron chi connectivity index (χ0n) is 20.2. The van der Waals surface area contributed by atoms with Crippen LogP contribution in [-0.4, -0.2) is 28.7 Å². The first kappa shape index (κ1) is 21.9. The lowest BCUT2D eigenvalue weighted by atomic mass is 9.44. The first-order valence-electron chi connectivity index (χ1n) is 12.8. The zero-order valence-corrected chi connectivity index (χ0v) is 20.2. The van der Waals surface area contributed by atoms with E-state index >= 15 is 0 Å². The van der Waals surface area contributed by atoms with Crippen LogP contribution in [0.15, 0.2) is 24.3 Å². The van der Waals surface area contributed by atoms with Crippen LogP contribution in [0.1, 0.15) is 79.6 Å². The van der Waals surface area contributed by atoms with Gasteiger partial charge >= 0.3 is 0 Å². The second-order valence-corrected chi connectivity index (χ2v) is 12.5. The fourth-order valence-corrected chi connectivity index (χ4v) is 9.10. The van der Waals surface area contributed by atoms with Crippen molar-refractivity contribution in [1.82, 2.24) is 0 Å². The molecule has 1 N–H and O–H groups in total. The average Bonchev–Trinajstić information content (AvgIpc) is 3.30. The van der Waals surface area contributed by atoms with Crippen molar-refractivity contribution in [2.75, 3.05) is 0 Å². The number of epoxide rings is 1. The van der Waals surface area contributed by atoms with Gasteiger partial charge in [0.2, 0.25) is 0 Å². The van der Waals surface area contributed by atoms with Gasteiger partial charge in [-0.1, -0.05) is 45.9 Å². The summed E-state index contributed by atoms with van der Waals surface area (Å²) in [4.78, 5) is 13.2. The van der Waals surface area contributed by atoms with E-state index in [0.717, 1.165) is 25.7 Å². The van der Waals surface area contributed by atoms with E-state index < -0.39 is 11.5 Å². The van der Waals surface area contributed by atoms with Crippen LogP contribution in [0.3, 0.4) is 0 Å². The molecule has 1 aliphatic heterocycles. The molecule has 0 aromatic rings. The number of hydrogen-bond donors (Lipinski definition) is 1. The van der Waals surface area contributed by atoms with Crippen molar-refractivity contribution in [3.63, 3.8) is 0 Å². The number of aliphatic hydroxyl groups is 1. The van der Waals surface area contributed by atoms with Crippen LogP contribution in [0.5, 0.6) is 0 Å². The topological polar surface area (TPSA) is 49.8 Å². The number of fused-ring (bicyclic) bond motifs is 4. The standard InChI is InChI=1S/C28H42O3/c1-16(2)17(3)9-10-18(4)20-11-12-21-19-14-24-28(31-24)13-7-8-23(30)27(28,6)25(19)22(29)15-26(20,21)5/h7-8,16,18-22,24-25,29H,3,9-15H2,1-2,4-6H3/t18-,19+,20-,21+,22-,24-,25-,26-,27-,28-/m1/s1. The highest BCUT2D eigenvalue weighted by Crippen LogP contribution is 2.73. The molecule has 1 heterocycles. The quantitative estimate of drug-likeness (QED) is 0.452. The zero-order chi connectivity index (χ0) is 22.3. The summed E-state index contributed by atoms with van der Waals surface area (Å²) in [6.07, 6.45) is 11.1. The summed E-state index contributed by atoms with van der Waals surface area (Å²) in [7, 11) is 0. The second kappa shape index (κ2) is 7.03. The van der Waals surface area contributed by atoms with E-state index in [1.807, 2.05) is 6.08 Å². The summed E-state index contributed by atoms with van der Waals surface area (Å²) >= 11 is 0. The highest BCUT2D eigenvalue weighted by molar-refractivity contribution is 5.97. The Morgan fingerprint density at radius 1 is 1.29 bits per heavy atom. The lowest BCUT2D eigenvalue weighted by Gasteiger charge is -2.59. The molecule has 10 atom stereocenters. The van der Waals surface area contributed by atoms with Gasteiger partial charge in [-0.15, -0.1) is 0 Å². The largest absolute Gasteiger partial charge is 0.393 e. The van der Waals surface area contributed by atoms with Crippen LogP contribution in [0.4, 0.5) is 0 Å². The number of rotatable bonds is 5. The van der Waals surface area contributed by atoms with E-state index in [-0.39, 0.29) is 28.8 Å². The normalized spacial score (nSPS) is 51.0. The van der Waals surface area contributed by atoms with Crippen molar-refractivity contribution >= 4 is 5.78 Å². The third-order valence-electron chi connectivity index (χ3n) is 11.0. The molecule has 172 valence electrons. The maximum Gasteiger partial charge on any atom is 0.164 e. The molecule has 1 saturated heterocycles. The van der Waals surface area contributed by atoms with Gasteiger partial charge < -0.3 is 9.84 Å². The Balaban J connectivity index is 1.40. The van der Waals surface area contributed by atoms with Crippen molar-refractivity contribution in [3.05, 3.63) is 24.3 Å². The van der Waals surface area contributed by atoms with E-state index in [0.29, 0.717) is 29.6 Å². The van der Waals surface area contributed by atoms with Crippen molar-refractivity contribution in [3.8, 4) is 0 Å². The smallest absolute Gasteiger partial charge is 0.164 e. The molecule has 3 nitrogen and oxygen atoms in total. The number of aliphatic hydroxyl groups excluding tert-OH is 1. The van der Waals surface area contributed by atoms with Crippen molar-refractivity contribution in [2.45, 2.75) is 97.4 Å². The molecule has 5 rings (SSSR count). The molecule has 31 heavy (non-hydrogen) atoms. The van der Waals surface area contributed by atoms with Crippen molar-refractivity contribution < 1.29 is 14.6 Å². The molecule has 3 heteroatoms. The number of ether oxygens (including phenoxy) is 1. The molecule has 3 saturated carbocycles. The third kappa shape index (κ3) is 2.81. The van der Waals surface area contributed by atoms with Crippen LogP contribution in [0, 0.1) is 46.3 Å². The van der Waals surface area contributed by atoms with Crippen molar-refractivity contribution in [2.24, 2.45) is 46.3 Å². The highest BCUT2D eigenvalue weighted by Gasteiger charge is 2.78. The van der Waals surface area contributed by atoms with Crippen LogP contribution < -0.4 is 0 Å². The monoisotopic (exact) mass is 426 g/mol. The van der Waals surface area contributed by atoms with Gasteiger partial charge in [0.1, 0.15) is 5.60 Å². The van der Waals surface area contributed by atoms with E-state index in [1.165, 1.54) is 24.8 Å². The Bertz CT molecular complexity index is 813. The predicted molar refractivity (Wildman–Crippen MR) is 123 cm³/mol. The molecule has 5 aliphatic rings. The van der Waals surface area contributed by atoms with Gasteiger partial charge in [0, 0.05) is 5.92 Å². The molecule has 4 fully saturated rings. The lowest BCUT2D eigenvalue weighted by Crippen LogP contribution is -2.64. The Hall–Kier alpha value is -0.930. The summed E-state index contributed by atoms with van der Waals surface area (Å²) in [5.74, 6) is 3.07. The molecule has 0 aromatic carbocycles. The van der Waals surface area contributed by atoms with Gasteiger partial charge in [-0.25, -0.2) is 0 Å². The number of ketones is 1. The molecule has 0 unspecified atom stereocenters. The third-order valence-corrected chi connectivity index (χ3v) is 11.0. The fourth-order valence-electron chi connectivity index (χ4n) is 9.10. The number of carbonyl (C=O) groups is 1. The molecular formula is C28H42O3. The highest BCUT2D eigenvalue weighted by atomic mass is 16.6. The minimum absolute atomic E-state index is 0.0385. The molecule has 0 amide bonds. The summed E-state index contributed by atoms with van der Waals surface area (Å²) in [6.45, 7) is 15.8. The Labute approximate surface area is 188 Å². The molecule has 0 bridgehead atoms. The van der Waals surface area contributed by atoms with Gasteiger partial charge in [-0.2, -0.15) is 0 Å². The summed E-state index contributed by atoms with van der Waals surface area (Å²) in [5.41, 5.74) is 0.630. The molecule has 0 radical (unpaired) electrons. The maximum atomic E-state index is 13.2. The van der Waals surface area contributed by atoms with E-state index in [2.05, 4.69) is 41.2 Å². The van der Waals surface area contributed by atoms with Gasteiger partial charge in [-0.3, -0.25) is 4.79 Å². The van der Waals surface area contributed by atoms with Gasteiger partial charge in [0.25, 0.3) is 0 Å². The number of allylic oxidation sites excluding steroid dienone is 2.